The lowest BCUT2D eigenvalue weighted by Crippen LogP contribution is -2.40. The molecule has 0 amide bonds. The van der Waals surface area contributed by atoms with Crippen LogP contribution < -0.4 is 4.72 Å². The summed E-state index contributed by atoms with van der Waals surface area (Å²) < 4.78 is 44.4. The fourth-order valence-electron chi connectivity index (χ4n) is 1.26. The fourth-order valence-corrected chi connectivity index (χ4v) is 2.66. The van der Waals surface area contributed by atoms with Crippen molar-refractivity contribution >= 4 is 21.6 Å². The van der Waals surface area contributed by atoms with Gasteiger partial charge in [0.25, 0.3) is 0 Å². The second kappa shape index (κ2) is 6.17. The van der Waals surface area contributed by atoms with Gasteiger partial charge in [-0.1, -0.05) is 17.7 Å². The Morgan fingerprint density at radius 1 is 1.42 bits per heavy atom. The first-order valence-electron chi connectivity index (χ1n) is 5.62. The molecule has 0 unspecified atom stereocenters. The zero-order valence-corrected chi connectivity index (χ0v) is 12.6. The molecule has 1 rings (SSSR count). The van der Waals surface area contributed by atoms with Crippen LogP contribution in [0.3, 0.4) is 0 Å². The van der Waals surface area contributed by atoms with Crippen molar-refractivity contribution in [1.82, 2.24) is 4.72 Å². The number of halogens is 2. The van der Waals surface area contributed by atoms with Crippen molar-refractivity contribution in [3.63, 3.8) is 0 Å². The van der Waals surface area contributed by atoms with Crippen LogP contribution >= 0.6 is 11.6 Å². The molecule has 1 N–H and O–H groups in total. The van der Waals surface area contributed by atoms with Crippen molar-refractivity contribution in [2.45, 2.75) is 25.2 Å². The third-order valence-electron chi connectivity index (χ3n) is 2.61. The van der Waals surface area contributed by atoms with Crippen molar-refractivity contribution in [1.29, 1.82) is 0 Å². The molecule has 0 fully saturated rings. The fraction of sp³-hybridized carbons (Fsp3) is 0.500. The maximum Gasteiger partial charge on any atom is 0.215 e. The predicted molar refractivity (Wildman–Crippen MR) is 73.1 cm³/mol. The molecule has 1 aromatic carbocycles. The Hall–Kier alpha value is -0.690. The molecule has 0 saturated heterocycles. The molecule has 4 nitrogen and oxygen atoms in total. The van der Waals surface area contributed by atoms with Crippen LogP contribution in [-0.4, -0.2) is 27.7 Å². The average Bonchev–Trinajstić information content (AvgIpc) is 2.32. The Bertz CT molecular complexity index is 546. The van der Waals surface area contributed by atoms with Gasteiger partial charge in [-0.3, -0.25) is 0 Å². The van der Waals surface area contributed by atoms with E-state index in [1.807, 2.05) is 0 Å². The normalized spacial score (nSPS) is 12.7. The van der Waals surface area contributed by atoms with Gasteiger partial charge in [0, 0.05) is 13.7 Å². The number of methoxy groups -OCH3 is 1. The van der Waals surface area contributed by atoms with Crippen molar-refractivity contribution in [2.24, 2.45) is 0 Å². The largest absolute Gasteiger partial charge is 0.377 e. The van der Waals surface area contributed by atoms with Crippen LogP contribution in [-0.2, 0) is 20.5 Å². The number of hydrogen-bond donors (Lipinski definition) is 1. The summed E-state index contributed by atoms with van der Waals surface area (Å²) in [5.74, 6) is -0.937. The minimum Gasteiger partial charge on any atom is -0.377 e. The lowest BCUT2D eigenvalue weighted by Gasteiger charge is -2.23. The van der Waals surface area contributed by atoms with E-state index in [1.54, 1.807) is 13.8 Å². The Kier molecular flexibility index (Phi) is 5.32. The third kappa shape index (κ3) is 5.44. The summed E-state index contributed by atoms with van der Waals surface area (Å²) in [6.45, 7) is 3.66. The van der Waals surface area contributed by atoms with Gasteiger partial charge in [-0.15, -0.1) is 0 Å². The van der Waals surface area contributed by atoms with E-state index < -0.39 is 21.4 Å². The van der Waals surface area contributed by atoms with Gasteiger partial charge >= 0.3 is 0 Å². The second-order valence-electron chi connectivity index (χ2n) is 4.79. The quantitative estimate of drug-likeness (QED) is 0.877. The van der Waals surface area contributed by atoms with E-state index in [9.17, 15) is 12.8 Å². The molecule has 19 heavy (non-hydrogen) atoms. The summed E-state index contributed by atoms with van der Waals surface area (Å²) in [5, 5.41) is -0.0328. The van der Waals surface area contributed by atoms with E-state index in [1.165, 1.54) is 19.2 Å². The van der Waals surface area contributed by atoms with Crippen LogP contribution in [0.2, 0.25) is 5.02 Å². The van der Waals surface area contributed by atoms with Gasteiger partial charge in [-0.25, -0.2) is 17.5 Å². The molecule has 7 heteroatoms. The zero-order chi connectivity index (χ0) is 14.7. The monoisotopic (exact) mass is 309 g/mol. The van der Waals surface area contributed by atoms with Crippen molar-refractivity contribution < 1.29 is 17.5 Å². The summed E-state index contributed by atoms with van der Waals surface area (Å²) in [7, 11) is -2.04. The predicted octanol–water partition coefficient (Wildman–Crippen LogP) is 2.32. The van der Waals surface area contributed by atoms with Gasteiger partial charge in [0.1, 0.15) is 5.82 Å². The maximum atomic E-state index is 13.2. The first kappa shape index (κ1) is 16.4. The number of sulfonamides is 1. The van der Waals surface area contributed by atoms with E-state index in [4.69, 9.17) is 16.3 Å². The Morgan fingerprint density at radius 3 is 2.58 bits per heavy atom. The van der Waals surface area contributed by atoms with Crippen LogP contribution in [0.1, 0.15) is 19.4 Å². The van der Waals surface area contributed by atoms with E-state index in [2.05, 4.69) is 4.72 Å². The highest BCUT2D eigenvalue weighted by Crippen LogP contribution is 2.17. The van der Waals surface area contributed by atoms with Crippen LogP contribution in [0.15, 0.2) is 18.2 Å². The summed E-state index contributed by atoms with van der Waals surface area (Å²) in [6, 6.07) is 3.93. The zero-order valence-electron chi connectivity index (χ0n) is 11.0. The van der Waals surface area contributed by atoms with Crippen LogP contribution in [0.25, 0.3) is 0 Å². The molecule has 0 heterocycles. The molecular weight excluding hydrogens is 293 g/mol. The molecule has 0 spiro atoms. The lowest BCUT2D eigenvalue weighted by molar-refractivity contribution is 0.0276. The molecular formula is C12H17ClFNO3S. The molecule has 0 aliphatic rings. The highest BCUT2D eigenvalue weighted by molar-refractivity contribution is 7.88. The SMILES string of the molecule is COC(C)(C)CNS(=O)(=O)Cc1ccc(Cl)c(F)c1. The summed E-state index contributed by atoms with van der Waals surface area (Å²) in [6.07, 6.45) is 0. The lowest BCUT2D eigenvalue weighted by atomic mass is 10.1. The average molecular weight is 310 g/mol. The van der Waals surface area contributed by atoms with Crippen molar-refractivity contribution in [2.75, 3.05) is 13.7 Å². The van der Waals surface area contributed by atoms with Crippen molar-refractivity contribution in [3.05, 3.63) is 34.6 Å². The van der Waals surface area contributed by atoms with Gasteiger partial charge in [0.15, 0.2) is 0 Å². The Labute approximate surface area is 118 Å². The Morgan fingerprint density at radius 2 is 2.05 bits per heavy atom. The molecule has 0 bridgehead atoms. The topological polar surface area (TPSA) is 55.4 Å². The van der Waals surface area contributed by atoms with E-state index in [0.29, 0.717) is 5.56 Å². The molecule has 108 valence electrons. The number of hydrogen-bond acceptors (Lipinski definition) is 3. The highest BCUT2D eigenvalue weighted by atomic mass is 35.5. The van der Waals surface area contributed by atoms with E-state index in [0.717, 1.165) is 6.07 Å². The summed E-state index contributed by atoms with van der Waals surface area (Å²) in [4.78, 5) is 0. The van der Waals surface area contributed by atoms with Crippen LogP contribution in [0.4, 0.5) is 4.39 Å². The van der Waals surface area contributed by atoms with Gasteiger partial charge in [-0.05, 0) is 31.5 Å². The van der Waals surface area contributed by atoms with Crippen LogP contribution in [0, 0.1) is 5.82 Å². The van der Waals surface area contributed by atoms with Crippen molar-refractivity contribution in [3.8, 4) is 0 Å². The first-order valence-corrected chi connectivity index (χ1v) is 7.65. The molecule has 0 aromatic heterocycles. The summed E-state index contributed by atoms with van der Waals surface area (Å²) >= 11 is 5.54. The number of rotatable bonds is 6. The smallest absolute Gasteiger partial charge is 0.215 e. The minimum absolute atomic E-state index is 0.0328. The number of benzene rings is 1. The third-order valence-corrected chi connectivity index (χ3v) is 4.22. The van der Waals surface area contributed by atoms with E-state index in [-0.39, 0.29) is 17.3 Å². The highest BCUT2D eigenvalue weighted by Gasteiger charge is 2.20. The van der Waals surface area contributed by atoms with Gasteiger partial charge in [0.2, 0.25) is 10.0 Å². The second-order valence-corrected chi connectivity index (χ2v) is 7.01. The number of nitrogens with one attached hydrogen (secondary N) is 1. The minimum atomic E-state index is -3.55. The summed E-state index contributed by atoms with van der Waals surface area (Å²) in [5.41, 5.74) is -0.261. The maximum absolute atomic E-state index is 13.2. The molecule has 0 aliphatic carbocycles. The van der Waals surface area contributed by atoms with Gasteiger partial charge in [0.05, 0.1) is 16.4 Å². The Balaban J connectivity index is 2.72. The van der Waals surface area contributed by atoms with Gasteiger partial charge in [-0.2, -0.15) is 0 Å². The van der Waals surface area contributed by atoms with E-state index >= 15 is 0 Å². The standard InChI is InChI=1S/C12H17ClFNO3S/c1-12(2,18-3)8-15-19(16,17)7-9-4-5-10(13)11(14)6-9/h4-6,15H,7-8H2,1-3H3. The molecule has 1 aromatic rings. The van der Waals surface area contributed by atoms with Gasteiger partial charge < -0.3 is 4.74 Å². The van der Waals surface area contributed by atoms with Crippen LogP contribution in [0.5, 0.6) is 0 Å². The molecule has 0 radical (unpaired) electrons. The molecule has 0 atom stereocenters. The molecule has 0 aliphatic heterocycles. The number of ether oxygens (including phenoxy) is 1. The molecule has 0 saturated carbocycles. The first-order chi connectivity index (χ1) is 8.65.